The molecule has 0 aliphatic carbocycles. The zero-order valence-electron chi connectivity index (χ0n) is 5.64. The van der Waals surface area contributed by atoms with Crippen LogP contribution in [0.2, 0.25) is 0 Å². The van der Waals surface area contributed by atoms with Crippen LogP contribution in [0.5, 0.6) is 0 Å². The third-order valence-electron chi connectivity index (χ3n) is 0.747. The van der Waals surface area contributed by atoms with Gasteiger partial charge in [-0.15, -0.1) is 0 Å². The van der Waals surface area contributed by atoms with Crippen LogP contribution in [-0.4, -0.2) is 23.5 Å². The minimum Gasteiger partial charge on any atom is -0.306 e. The number of halogens is 8. The molecular weight excluding hydrogens is 249 g/mol. The molecule has 80 valence electrons. The van der Waals surface area contributed by atoms with E-state index in [-0.39, 0.29) is 0 Å². The number of hydrogen-bond acceptors (Lipinski definition) is 1. The van der Waals surface area contributed by atoms with Gasteiger partial charge in [-0.25, -0.2) is 0 Å². The monoisotopic (exact) mass is 250 g/mol. The maximum Gasteiger partial charge on any atom is 0.419 e. The summed E-state index contributed by atoms with van der Waals surface area (Å²) in [5.41, 5.74) is 0. The molecule has 0 saturated carbocycles. The number of rotatable bonds is 3. The van der Waals surface area contributed by atoms with Crippen molar-refractivity contribution in [1.29, 1.82) is 0 Å². The van der Waals surface area contributed by atoms with Crippen LogP contribution in [0, 0.1) is 0 Å². The number of alkyl halides is 8. The van der Waals surface area contributed by atoms with Crippen LogP contribution < -0.4 is 0 Å². The topological polar surface area (TPSA) is 9.23 Å². The smallest absolute Gasteiger partial charge is 0.306 e. The summed E-state index contributed by atoms with van der Waals surface area (Å²) >= 11 is 8.42. The first-order valence-corrected chi connectivity index (χ1v) is 3.36. The van der Waals surface area contributed by atoms with Crippen molar-refractivity contribution in [3.8, 4) is 0 Å². The van der Waals surface area contributed by atoms with Gasteiger partial charge in [0.05, 0.1) is 0 Å². The van der Waals surface area contributed by atoms with E-state index in [2.05, 4.69) is 27.9 Å². The lowest BCUT2D eigenvalue weighted by Crippen LogP contribution is -2.40. The van der Waals surface area contributed by atoms with Gasteiger partial charge in [0.15, 0.2) is 0 Å². The van der Waals surface area contributed by atoms with Gasteiger partial charge < -0.3 is 4.74 Å². The van der Waals surface area contributed by atoms with Crippen LogP contribution in [-0.2, 0) is 4.74 Å². The summed E-state index contributed by atoms with van der Waals surface area (Å²) in [4.78, 5) is 0. The molecule has 0 aromatic carbocycles. The number of hydrogen-bond donors (Lipinski definition) is 0. The summed E-state index contributed by atoms with van der Waals surface area (Å²) in [5.74, 6) is 0. The Morgan fingerprint density at radius 1 is 0.923 bits per heavy atom. The zero-order valence-corrected chi connectivity index (χ0v) is 7.15. The fraction of sp³-hybridized carbons (Fsp3) is 1.00. The summed E-state index contributed by atoms with van der Waals surface area (Å²) in [6, 6.07) is 0. The Balaban J connectivity index is 4.21. The predicted octanol–water partition coefficient (Wildman–Crippen LogP) is 3.26. The Kier molecular flexibility index (Phi) is 3.74. The highest BCUT2D eigenvalue weighted by Gasteiger charge is 2.56. The first-order valence-electron chi connectivity index (χ1n) is 2.61. The Morgan fingerprint density at radius 2 is 1.31 bits per heavy atom. The lowest BCUT2D eigenvalue weighted by molar-refractivity contribution is -0.307. The van der Waals surface area contributed by atoms with Crippen molar-refractivity contribution in [2.75, 3.05) is 6.61 Å². The molecule has 0 aliphatic rings. The molecule has 0 saturated heterocycles. The van der Waals surface area contributed by atoms with Crippen LogP contribution in [0.1, 0.15) is 0 Å². The molecule has 9 heteroatoms. The summed E-state index contributed by atoms with van der Waals surface area (Å²) in [6.45, 7) is -2.34. The highest BCUT2D eigenvalue weighted by Crippen LogP contribution is 2.41. The third-order valence-corrected chi connectivity index (χ3v) is 1.19. The van der Waals surface area contributed by atoms with Crippen LogP contribution >= 0.6 is 23.2 Å². The summed E-state index contributed by atoms with van der Waals surface area (Å²) in [6.07, 6.45) is -9.92. The van der Waals surface area contributed by atoms with Gasteiger partial charge >= 0.3 is 16.9 Å². The SMILES string of the molecule is FC(F)(F)COC(F)(F)C(F)(Cl)Cl. The van der Waals surface area contributed by atoms with Crippen molar-refractivity contribution in [1.82, 2.24) is 0 Å². The second-order valence-electron chi connectivity index (χ2n) is 1.92. The largest absolute Gasteiger partial charge is 0.419 e. The Labute approximate surface area is 78.5 Å². The molecule has 0 aliphatic heterocycles. The first-order chi connectivity index (χ1) is 5.46. The predicted molar refractivity (Wildman–Crippen MR) is 32.5 cm³/mol. The summed E-state index contributed by atoms with van der Waals surface area (Å²) in [7, 11) is 0. The highest BCUT2D eigenvalue weighted by atomic mass is 35.5. The molecule has 0 amide bonds. The quantitative estimate of drug-likeness (QED) is 0.552. The fourth-order valence-corrected chi connectivity index (χ4v) is 0.363. The van der Waals surface area contributed by atoms with Crippen molar-refractivity contribution in [2.24, 2.45) is 0 Å². The molecular formula is C4H2Cl2F6O. The van der Waals surface area contributed by atoms with Crippen molar-refractivity contribution >= 4 is 23.2 Å². The van der Waals surface area contributed by atoms with E-state index in [4.69, 9.17) is 0 Å². The molecule has 0 aromatic rings. The van der Waals surface area contributed by atoms with Gasteiger partial charge in [0.2, 0.25) is 0 Å². The second-order valence-corrected chi connectivity index (χ2v) is 3.15. The molecule has 0 radical (unpaired) electrons. The Morgan fingerprint density at radius 3 is 1.54 bits per heavy atom. The lowest BCUT2D eigenvalue weighted by atomic mass is 10.6. The number of ether oxygens (including phenoxy) is 1. The lowest BCUT2D eigenvalue weighted by Gasteiger charge is -2.22. The van der Waals surface area contributed by atoms with E-state index < -0.39 is 23.5 Å². The third kappa shape index (κ3) is 4.78. The maximum absolute atomic E-state index is 12.1. The van der Waals surface area contributed by atoms with E-state index in [1.54, 1.807) is 0 Å². The molecule has 0 atom stereocenters. The molecule has 0 spiro atoms. The van der Waals surface area contributed by atoms with Gasteiger partial charge in [0, 0.05) is 0 Å². The van der Waals surface area contributed by atoms with Gasteiger partial charge in [-0.2, -0.15) is 26.3 Å². The van der Waals surface area contributed by atoms with Gasteiger partial charge in [-0.1, -0.05) is 23.2 Å². The van der Waals surface area contributed by atoms with Crippen LogP contribution in [0.15, 0.2) is 0 Å². The van der Waals surface area contributed by atoms with Crippen molar-refractivity contribution in [2.45, 2.75) is 16.9 Å². The van der Waals surface area contributed by atoms with Crippen molar-refractivity contribution < 1.29 is 31.1 Å². The van der Waals surface area contributed by atoms with E-state index in [1.165, 1.54) is 0 Å². The van der Waals surface area contributed by atoms with Crippen molar-refractivity contribution in [3.63, 3.8) is 0 Å². The van der Waals surface area contributed by atoms with Gasteiger partial charge in [0.1, 0.15) is 6.61 Å². The molecule has 0 aromatic heterocycles. The standard InChI is InChI=1S/C4H2Cl2F6O/c5-3(6,10)4(11,12)13-1-2(7,8)9/h1H2. The molecule has 13 heavy (non-hydrogen) atoms. The fourth-order valence-electron chi connectivity index (χ4n) is 0.254. The molecule has 0 rings (SSSR count). The van der Waals surface area contributed by atoms with Gasteiger partial charge in [0.25, 0.3) is 0 Å². The van der Waals surface area contributed by atoms with E-state index in [0.717, 1.165) is 0 Å². The van der Waals surface area contributed by atoms with Gasteiger partial charge in [-0.3, -0.25) is 0 Å². The molecule has 0 bridgehead atoms. The molecule has 0 unspecified atom stereocenters. The average Bonchev–Trinajstić information content (AvgIpc) is 1.79. The zero-order chi connectivity index (χ0) is 10.9. The van der Waals surface area contributed by atoms with E-state index >= 15 is 0 Å². The first kappa shape index (κ1) is 13.1. The molecule has 0 heterocycles. The molecule has 0 N–H and O–H groups in total. The van der Waals surface area contributed by atoms with Gasteiger partial charge in [-0.05, 0) is 0 Å². The summed E-state index contributed by atoms with van der Waals surface area (Å²) < 4.78 is 68.8. The molecule has 1 nitrogen and oxygen atoms in total. The van der Waals surface area contributed by atoms with Crippen LogP contribution in [0.4, 0.5) is 26.3 Å². The highest BCUT2D eigenvalue weighted by molar-refractivity contribution is 6.47. The van der Waals surface area contributed by atoms with E-state index in [1.807, 2.05) is 0 Å². The van der Waals surface area contributed by atoms with Crippen LogP contribution in [0.3, 0.4) is 0 Å². The van der Waals surface area contributed by atoms with Crippen molar-refractivity contribution in [3.05, 3.63) is 0 Å². The molecule has 0 fully saturated rings. The van der Waals surface area contributed by atoms with Crippen LogP contribution in [0.25, 0.3) is 0 Å². The van der Waals surface area contributed by atoms with E-state index in [9.17, 15) is 26.3 Å². The van der Waals surface area contributed by atoms with E-state index in [0.29, 0.717) is 0 Å². The second kappa shape index (κ2) is 3.70. The summed E-state index contributed by atoms with van der Waals surface area (Å²) in [5, 5.41) is 0. The Bertz CT molecular complexity index is 172. The maximum atomic E-state index is 12.1. The normalized spacial score (nSPS) is 14.8. The Hall–Kier alpha value is 0.120. The minimum absolute atomic E-state index is 2.34. The average molecular weight is 251 g/mol. The minimum atomic E-state index is -5.01.